The minimum absolute atomic E-state index is 0.0122. The molecular formula is C29H33N3O4S. The van der Waals surface area contributed by atoms with Crippen molar-refractivity contribution >= 4 is 34.8 Å². The molecule has 1 aliphatic carbocycles. The molecule has 7 nitrogen and oxygen atoms in total. The number of nitrogens with zero attached hydrogens (tertiary/aromatic N) is 2. The van der Waals surface area contributed by atoms with Crippen LogP contribution in [0.4, 0.5) is 0 Å². The van der Waals surface area contributed by atoms with E-state index in [1.54, 1.807) is 33.3 Å². The van der Waals surface area contributed by atoms with E-state index < -0.39 is 12.1 Å². The molecule has 2 fully saturated rings. The zero-order chi connectivity index (χ0) is 26.1. The average molecular weight is 520 g/mol. The molecule has 0 radical (unpaired) electrons. The third-order valence-electron chi connectivity index (χ3n) is 7.61. The van der Waals surface area contributed by atoms with Gasteiger partial charge in [-0.05, 0) is 60.7 Å². The minimum Gasteiger partial charge on any atom is -0.340 e. The highest BCUT2D eigenvalue weighted by molar-refractivity contribution is 7.13. The van der Waals surface area contributed by atoms with Crippen LogP contribution in [0.3, 0.4) is 0 Å². The monoisotopic (exact) mass is 519 g/mol. The molecule has 1 aromatic carbocycles. The van der Waals surface area contributed by atoms with Crippen LogP contribution in [0.1, 0.15) is 49.9 Å². The Labute approximate surface area is 221 Å². The van der Waals surface area contributed by atoms with Crippen LogP contribution >= 0.6 is 11.3 Å². The van der Waals surface area contributed by atoms with Crippen molar-refractivity contribution in [2.75, 3.05) is 13.1 Å². The van der Waals surface area contributed by atoms with Crippen LogP contribution in [-0.2, 0) is 14.4 Å². The molecule has 3 atom stereocenters. The number of hydrogen-bond donors (Lipinski definition) is 1. The van der Waals surface area contributed by atoms with Crippen LogP contribution in [0, 0.1) is 11.8 Å². The molecule has 3 amide bonds. The number of carbonyl (C=O) groups excluding carboxylic acids is 4. The molecule has 3 unspecified atom stereocenters. The number of ketones is 1. The van der Waals surface area contributed by atoms with Gasteiger partial charge in [0.25, 0.3) is 5.91 Å². The molecule has 1 N–H and O–H groups in total. The van der Waals surface area contributed by atoms with E-state index in [9.17, 15) is 19.2 Å². The van der Waals surface area contributed by atoms with E-state index in [2.05, 4.69) is 5.32 Å². The number of Topliss-reactive ketones (excluding diaryl/α,β-unsaturated/α-hetero) is 1. The van der Waals surface area contributed by atoms with Gasteiger partial charge in [-0.15, -0.1) is 11.3 Å². The lowest BCUT2D eigenvalue weighted by molar-refractivity contribution is -0.138. The summed E-state index contributed by atoms with van der Waals surface area (Å²) >= 11 is 1.64. The SMILES string of the molecule is CC(C)CC(NC(=O)c1ccc(-c2cccs2)cc1)C(=O)N1CCC2C1C(=O)CN2C(=O)C1CC=CC1. The second-order valence-corrected chi connectivity index (χ2v) is 11.6. The fraction of sp³-hybridized carbons (Fsp3) is 0.448. The second-order valence-electron chi connectivity index (χ2n) is 10.6. The lowest BCUT2D eigenvalue weighted by Gasteiger charge is -2.29. The van der Waals surface area contributed by atoms with Gasteiger partial charge in [-0.25, -0.2) is 0 Å². The Kier molecular flexibility index (Phi) is 7.29. The molecule has 1 aromatic heterocycles. The maximum absolute atomic E-state index is 13.7. The maximum Gasteiger partial charge on any atom is 0.251 e. The fourth-order valence-corrected chi connectivity index (χ4v) is 6.51. The number of hydrogen-bond acceptors (Lipinski definition) is 5. The van der Waals surface area contributed by atoms with Gasteiger partial charge >= 0.3 is 0 Å². The Morgan fingerprint density at radius 3 is 2.43 bits per heavy atom. The van der Waals surface area contributed by atoms with Gasteiger partial charge in [0, 0.05) is 22.9 Å². The summed E-state index contributed by atoms with van der Waals surface area (Å²) in [5, 5.41) is 4.95. The van der Waals surface area contributed by atoms with E-state index >= 15 is 0 Å². The molecule has 0 bridgehead atoms. The first-order valence-electron chi connectivity index (χ1n) is 13.1. The third-order valence-corrected chi connectivity index (χ3v) is 8.53. The number of benzene rings is 1. The predicted octanol–water partition coefficient (Wildman–Crippen LogP) is 3.91. The van der Waals surface area contributed by atoms with E-state index in [1.165, 1.54) is 0 Å². The Morgan fingerprint density at radius 2 is 1.78 bits per heavy atom. The Hall–Kier alpha value is -3.26. The minimum atomic E-state index is -0.736. The molecule has 194 valence electrons. The van der Waals surface area contributed by atoms with Crippen molar-refractivity contribution in [2.24, 2.45) is 11.8 Å². The smallest absolute Gasteiger partial charge is 0.251 e. The van der Waals surface area contributed by atoms with Crippen LogP contribution < -0.4 is 5.32 Å². The number of allylic oxidation sites excluding steroid dienone is 2. The Balaban J connectivity index is 1.28. The fourth-order valence-electron chi connectivity index (χ4n) is 5.77. The van der Waals surface area contributed by atoms with Gasteiger partial charge in [-0.3, -0.25) is 19.2 Å². The number of amides is 3. The van der Waals surface area contributed by atoms with Crippen LogP contribution in [-0.4, -0.2) is 64.5 Å². The van der Waals surface area contributed by atoms with Crippen molar-refractivity contribution in [1.82, 2.24) is 15.1 Å². The molecule has 5 rings (SSSR count). The number of rotatable bonds is 7. The summed E-state index contributed by atoms with van der Waals surface area (Å²) in [6, 6.07) is 9.75. The molecule has 2 aromatic rings. The summed E-state index contributed by atoms with van der Waals surface area (Å²) in [5.74, 6) is -0.561. The molecule has 2 saturated heterocycles. The van der Waals surface area contributed by atoms with Crippen molar-refractivity contribution in [3.63, 3.8) is 0 Å². The quantitative estimate of drug-likeness (QED) is 0.562. The molecule has 37 heavy (non-hydrogen) atoms. The van der Waals surface area contributed by atoms with Crippen molar-refractivity contribution in [3.8, 4) is 10.4 Å². The van der Waals surface area contributed by atoms with Crippen LogP contribution in [0.15, 0.2) is 53.9 Å². The molecule has 8 heteroatoms. The van der Waals surface area contributed by atoms with E-state index in [0.717, 1.165) is 10.4 Å². The lowest BCUT2D eigenvalue weighted by Crippen LogP contribution is -2.53. The number of likely N-dealkylation sites (tertiary alicyclic amines) is 2. The standard InChI is InChI=1S/C29H33N3O4S/c1-18(2)16-22(30-27(34)20-11-9-19(10-12-20)25-8-5-15-37-25)29(36)31-14-13-23-26(31)24(33)17-32(23)28(35)21-6-3-4-7-21/h3-5,8-12,15,18,21-23,26H,6-7,13-14,16-17H2,1-2H3,(H,30,34). The molecular weight excluding hydrogens is 486 g/mol. The van der Waals surface area contributed by atoms with E-state index in [1.807, 2.05) is 55.6 Å². The molecule has 0 saturated carbocycles. The van der Waals surface area contributed by atoms with Crippen molar-refractivity contribution in [2.45, 2.75) is 57.7 Å². The van der Waals surface area contributed by atoms with Gasteiger partial charge < -0.3 is 15.1 Å². The normalized spacial score (nSPS) is 22.1. The number of thiophene rings is 1. The molecule has 3 aliphatic rings. The first-order valence-corrected chi connectivity index (χ1v) is 13.9. The second kappa shape index (κ2) is 10.6. The van der Waals surface area contributed by atoms with Crippen LogP contribution in [0.2, 0.25) is 0 Å². The van der Waals surface area contributed by atoms with Crippen molar-refractivity contribution < 1.29 is 19.2 Å². The van der Waals surface area contributed by atoms with Crippen molar-refractivity contribution in [1.29, 1.82) is 0 Å². The molecule has 0 spiro atoms. The Bertz CT molecular complexity index is 1200. The maximum atomic E-state index is 13.7. The molecule has 3 heterocycles. The van der Waals surface area contributed by atoms with Gasteiger partial charge in [0.1, 0.15) is 12.1 Å². The lowest BCUT2D eigenvalue weighted by atomic mass is 10.0. The topological polar surface area (TPSA) is 86.8 Å². The summed E-state index contributed by atoms with van der Waals surface area (Å²) in [7, 11) is 0. The summed E-state index contributed by atoms with van der Waals surface area (Å²) in [6.07, 6.45) is 6.49. The third kappa shape index (κ3) is 5.12. The first-order chi connectivity index (χ1) is 17.8. The van der Waals surface area contributed by atoms with Gasteiger partial charge in [0.05, 0.1) is 12.6 Å². The van der Waals surface area contributed by atoms with Crippen LogP contribution in [0.25, 0.3) is 10.4 Å². The predicted molar refractivity (Wildman–Crippen MR) is 143 cm³/mol. The highest BCUT2D eigenvalue weighted by Gasteiger charge is 2.52. The van der Waals surface area contributed by atoms with Gasteiger partial charge in [0.15, 0.2) is 5.78 Å². The average Bonchev–Trinajstić information content (AvgIpc) is 3.69. The van der Waals surface area contributed by atoms with Crippen LogP contribution in [0.5, 0.6) is 0 Å². The largest absolute Gasteiger partial charge is 0.340 e. The molecule has 2 aliphatic heterocycles. The van der Waals surface area contributed by atoms with E-state index in [4.69, 9.17) is 0 Å². The zero-order valence-electron chi connectivity index (χ0n) is 21.3. The summed E-state index contributed by atoms with van der Waals surface area (Å²) < 4.78 is 0. The summed E-state index contributed by atoms with van der Waals surface area (Å²) in [4.78, 5) is 57.4. The van der Waals surface area contributed by atoms with Gasteiger partial charge in [0.2, 0.25) is 11.8 Å². The summed E-state index contributed by atoms with van der Waals surface area (Å²) in [5.41, 5.74) is 1.52. The number of fused-ring (bicyclic) bond motifs is 1. The Morgan fingerprint density at radius 1 is 1.05 bits per heavy atom. The van der Waals surface area contributed by atoms with E-state index in [-0.39, 0.29) is 47.9 Å². The highest BCUT2D eigenvalue weighted by Crippen LogP contribution is 2.33. The van der Waals surface area contributed by atoms with Gasteiger partial charge in [-0.1, -0.05) is 44.2 Å². The van der Waals surface area contributed by atoms with E-state index in [0.29, 0.717) is 37.8 Å². The van der Waals surface area contributed by atoms with Crippen molar-refractivity contribution in [3.05, 3.63) is 59.5 Å². The number of nitrogens with one attached hydrogen (secondary N) is 1. The van der Waals surface area contributed by atoms with Gasteiger partial charge in [-0.2, -0.15) is 0 Å². The number of carbonyl (C=O) groups is 4. The zero-order valence-corrected chi connectivity index (χ0v) is 22.1. The highest BCUT2D eigenvalue weighted by atomic mass is 32.1. The summed E-state index contributed by atoms with van der Waals surface area (Å²) in [6.45, 7) is 4.48. The first kappa shape index (κ1) is 25.4.